The van der Waals surface area contributed by atoms with Crippen molar-refractivity contribution >= 4 is 11.6 Å². The maximum Gasteiger partial charge on any atom is 0.166 e. The van der Waals surface area contributed by atoms with E-state index in [2.05, 4.69) is 4.90 Å². The molecule has 2 rings (SSSR count). The van der Waals surface area contributed by atoms with Crippen LogP contribution in [0.25, 0.3) is 0 Å². The first-order chi connectivity index (χ1) is 9.63. The van der Waals surface area contributed by atoms with E-state index in [1.807, 2.05) is 13.0 Å². The number of aliphatic hydroxyl groups is 1. The monoisotopic (exact) mass is 279 g/mol. The van der Waals surface area contributed by atoms with E-state index in [4.69, 9.17) is 5.11 Å². The first kappa shape index (κ1) is 15.4. The minimum atomic E-state index is -0.430. The summed E-state index contributed by atoms with van der Waals surface area (Å²) in [4.78, 5) is 26.7. The highest BCUT2D eigenvalue weighted by atomic mass is 16.3. The molecule has 2 aliphatic rings. The summed E-state index contributed by atoms with van der Waals surface area (Å²) in [6, 6.07) is 0.264. The number of ketones is 2. The number of nitrogens with zero attached hydrogens (tertiary/aromatic N) is 1. The molecule has 1 aliphatic carbocycles. The Labute approximate surface area is 120 Å². The van der Waals surface area contributed by atoms with Crippen LogP contribution in [0, 0.1) is 11.8 Å². The number of hydrogen-bond acceptors (Lipinski definition) is 4. The topological polar surface area (TPSA) is 57.6 Å². The zero-order valence-electron chi connectivity index (χ0n) is 12.3. The third-order valence-electron chi connectivity index (χ3n) is 4.55. The largest absolute Gasteiger partial charge is 0.396 e. The highest BCUT2D eigenvalue weighted by Crippen LogP contribution is 2.28. The molecule has 0 saturated carbocycles. The van der Waals surface area contributed by atoms with E-state index in [1.54, 1.807) is 6.08 Å². The van der Waals surface area contributed by atoms with Gasteiger partial charge >= 0.3 is 0 Å². The molecule has 0 radical (unpaired) electrons. The molecule has 112 valence electrons. The van der Waals surface area contributed by atoms with Crippen molar-refractivity contribution in [1.82, 2.24) is 4.90 Å². The summed E-state index contributed by atoms with van der Waals surface area (Å²) in [5, 5.41) is 8.92. The summed E-state index contributed by atoms with van der Waals surface area (Å²) in [6.07, 6.45) is 7.65. The van der Waals surface area contributed by atoms with Gasteiger partial charge in [0.2, 0.25) is 0 Å². The Morgan fingerprint density at radius 3 is 3.00 bits per heavy atom. The maximum atomic E-state index is 12.5. The van der Waals surface area contributed by atoms with Gasteiger partial charge in [-0.3, -0.25) is 14.5 Å². The molecule has 0 bridgehead atoms. The van der Waals surface area contributed by atoms with Crippen LogP contribution in [0.5, 0.6) is 0 Å². The smallest absolute Gasteiger partial charge is 0.166 e. The molecule has 0 aromatic heterocycles. The number of carbonyl (C=O) groups excluding carboxylic acids is 2. The zero-order chi connectivity index (χ0) is 14.5. The predicted octanol–water partition coefficient (Wildman–Crippen LogP) is 1.57. The van der Waals surface area contributed by atoms with Crippen LogP contribution < -0.4 is 0 Å². The van der Waals surface area contributed by atoms with Crippen molar-refractivity contribution in [3.63, 3.8) is 0 Å². The third-order valence-corrected chi connectivity index (χ3v) is 4.55. The van der Waals surface area contributed by atoms with Crippen molar-refractivity contribution in [2.75, 3.05) is 19.7 Å². The minimum absolute atomic E-state index is 0.0198. The number of carbonyl (C=O) groups is 2. The molecule has 3 atom stereocenters. The van der Waals surface area contributed by atoms with Gasteiger partial charge in [-0.2, -0.15) is 0 Å². The van der Waals surface area contributed by atoms with Crippen LogP contribution in [-0.4, -0.2) is 47.3 Å². The Hall–Kier alpha value is -1.00. The molecule has 1 saturated heterocycles. The van der Waals surface area contributed by atoms with Gasteiger partial charge in [-0.1, -0.05) is 13.0 Å². The molecule has 1 heterocycles. The molecule has 1 aliphatic heterocycles. The van der Waals surface area contributed by atoms with Crippen LogP contribution >= 0.6 is 0 Å². The van der Waals surface area contributed by atoms with E-state index in [0.29, 0.717) is 6.42 Å². The van der Waals surface area contributed by atoms with Gasteiger partial charge in [0.1, 0.15) is 5.78 Å². The Kier molecular flexibility index (Phi) is 5.49. The summed E-state index contributed by atoms with van der Waals surface area (Å²) >= 11 is 0. The van der Waals surface area contributed by atoms with Crippen LogP contribution in [-0.2, 0) is 9.59 Å². The predicted molar refractivity (Wildman–Crippen MR) is 77.3 cm³/mol. The number of likely N-dealkylation sites (tertiary alicyclic amines) is 1. The number of aliphatic hydroxyl groups excluding tert-OH is 1. The minimum Gasteiger partial charge on any atom is -0.396 e. The highest BCUT2D eigenvalue weighted by Gasteiger charge is 2.35. The molecule has 0 amide bonds. The number of hydrogen-bond donors (Lipinski definition) is 1. The number of allylic oxidation sites excluding steroid dienone is 2. The fourth-order valence-corrected chi connectivity index (χ4v) is 3.45. The average molecular weight is 279 g/mol. The van der Waals surface area contributed by atoms with Crippen molar-refractivity contribution in [3.05, 3.63) is 12.2 Å². The Bertz CT molecular complexity index is 391. The summed E-state index contributed by atoms with van der Waals surface area (Å²) in [5.41, 5.74) is 0. The van der Waals surface area contributed by atoms with Crippen molar-refractivity contribution in [3.8, 4) is 0 Å². The molecule has 0 aromatic carbocycles. The molecule has 0 aromatic rings. The lowest BCUT2D eigenvalue weighted by Gasteiger charge is -2.27. The van der Waals surface area contributed by atoms with Gasteiger partial charge in [0.05, 0.1) is 5.92 Å². The summed E-state index contributed by atoms with van der Waals surface area (Å²) in [7, 11) is 0. The number of rotatable bonds is 6. The van der Waals surface area contributed by atoms with Crippen LogP contribution in [0.3, 0.4) is 0 Å². The van der Waals surface area contributed by atoms with E-state index in [1.165, 1.54) is 0 Å². The molecular weight excluding hydrogens is 254 g/mol. The second-order valence-electron chi connectivity index (χ2n) is 6.08. The van der Waals surface area contributed by atoms with Crippen molar-refractivity contribution in [1.29, 1.82) is 0 Å². The lowest BCUT2D eigenvalue weighted by atomic mass is 9.79. The molecule has 4 nitrogen and oxygen atoms in total. The lowest BCUT2D eigenvalue weighted by Crippen LogP contribution is -2.37. The second kappa shape index (κ2) is 7.14. The van der Waals surface area contributed by atoms with Gasteiger partial charge in [-0.15, -0.1) is 0 Å². The molecular formula is C16H25NO3. The Morgan fingerprint density at radius 1 is 1.50 bits per heavy atom. The van der Waals surface area contributed by atoms with Crippen molar-refractivity contribution in [2.45, 2.75) is 45.1 Å². The Morgan fingerprint density at radius 2 is 2.30 bits per heavy atom. The molecule has 4 heteroatoms. The van der Waals surface area contributed by atoms with Gasteiger partial charge in [0.15, 0.2) is 5.78 Å². The van der Waals surface area contributed by atoms with Crippen LogP contribution in [0.2, 0.25) is 0 Å². The standard InChI is InChI=1S/C16H25NO3/c1-12-5-2-7-14(19)16(12)15(20)11-13-6-3-8-17(13)9-4-10-18/h2,7,12-13,16,18H,3-6,8-11H2,1H3/t12-,13-,16+/m0/s1. The third kappa shape index (κ3) is 3.55. The molecule has 1 N–H and O–H groups in total. The number of Topliss-reactive ketones (excluding diaryl/α,β-unsaturated/α-hetero) is 1. The van der Waals surface area contributed by atoms with Crippen LogP contribution in [0.4, 0.5) is 0 Å². The normalized spacial score (nSPS) is 30.9. The maximum absolute atomic E-state index is 12.5. The lowest BCUT2D eigenvalue weighted by molar-refractivity contribution is -0.133. The quantitative estimate of drug-likeness (QED) is 0.750. The molecule has 0 spiro atoms. The first-order valence-corrected chi connectivity index (χ1v) is 7.71. The average Bonchev–Trinajstić information content (AvgIpc) is 2.83. The Balaban J connectivity index is 1.93. The molecule has 1 fully saturated rings. The fraction of sp³-hybridized carbons (Fsp3) is 0.750. The van der Waals surface area contributed by atoms with E-state index < -0.39 is 5.92 Å². The van der Waals surface area contributed by atoms with Crippen molar-refractivity contribution in [2.24, 2.45) is 11.8 Å². The van der Waals surface area contributed by atoms with Gasteiger partial charge < -0.3 is 5.11 Å². The fourth-order valence-electron chi connectivity index (χ4n) is 3.45. The molecule has 0 unspecified atom stereocenters. The zero-order valence-corrected chi connectivity index (χ0v) is 12.3. The molecule has 20 heavy (non-hydrogen) atoms. The van der Waals surface area contributed by atoms with Gasteiger partial charge in [-0.05, 0) is 44.2 Å². The van der Waals surface area contributed by atoms with E-state index in [9.17, 15) is 9.59 Å². The van der Waals surface area contributed by atoms with Gasteiger partial charge in [-0.25, -0.2) is 0 Å². The summed E-state index contributed by atoms with van der Waals surface area (Å²) in [5.74, 6) is -0.214. The summed E-state index contributed by atoms with van der Waals surface area (Å²) in [6.45, 7) is 4.04. The first-order valence-electron chi connectivity index (χ1n) is 7.71. The van der Waals surface area contributed by atoms with E-state index in [0.717, 1.165) is 38.8 Å². The summed E-state index contributed by atoms with van der Waals surface area (Å²) < 4.78 is 0. The van der Waals surface area contributed by atoms with E-state index >= 15 is 0 Å². The van der Waals surface area contributed by atoms with E-state index in [-0.39, 0.29) is 30.1 Å². The SMILES string of the molecule is C[C@H]1CC=CC(=O)[C@@H]1C(=O)C[C@@H]1CCCN1CCCO. The second-order valence-corrected chi connectivity index (χ2v) is 6.08. The van der Waals surface area contributed by atoms with Crippen molar-refractivity contribution < 1.29 is 14.7 Å². The highest BCUT2D eigenvalue weighted by molar-refractivity contribution is 6.08. The van der Waals surface area contributed by atoms with Gasteiger partial charge in [0.25, 0.3) is 0 Å². The van der Waals surface area contributed by atoms with Crippen LogP contribution in [0.15, 0.2) is 12.2 Å². The van der Waals surface area contributed by atoms with Gasteiger partial charge in [0, 0.05) is 25.6 Å². The van der Waals surface area contributed by atoms with Crippen LogP contribution in [0.1, 0.15) is 39.0 Å².